The van der Waals surface area contributed by atoms with Crippen LogP contribution in [0.15, 0.2) is 30.3 Å². The Hall–Kier alpha value is -2.69. The molecule has 0 radical (unpaired) electrons. The molecule has 0 saturated carbocycles. The maximum Gasteiger partial charge on any atom is 0.347 e. The summed E-state index contributed by atoms with van der Waals surface area (Å²) >= 11 is 0. The summed E-state index contributed by atoms with van der Waals surface area (Å²) in [7, 11) is 4.47. The second-order valence-corrected chi connectivity index (χ2v) is 5.02. The van der Waals surface area contributed by atoms with Crippen LogP contribution in [0.1, 0.15) is 21.5 Å². The predicted molar refractivity (Wildman–Crippen MR) is 87.0 cm³/mol. The van der Waals surface area contributed by atoms with Crippen LogP contribution in [0.25, 0.3) is 0 Å². The lowest BCUT2D eigenvalue weighted by molar-refractivity contribution is 0.0730. The summed E-state index contributed by atoms with van der Waals surface area (Å²) in [4.78, 5) is 12.5. The van der Waals surface area contributed by atoms with Gasteiger partial charge in [-0.2, -0.15) is 0 Å². The minimum atomic E-state index is -0.522. The van der Waals surface area contributed by atoms with E-state index in [1.165, 1.54) is 21.3 Å². The van der Waals surface area contributed by atoms with Crippen molar-refractivity contribution in [1.82, 2.24) is 0 Å². The molecular formula is C18H20O5. The first-order valence-corrected chi connectivity index (χ1v) is 7.10. The van der Waals surface area contributed by atoms with E-state index in [1.54, 1.807) is 18.2 Å². The van der Waals surface area contributed by atoms with E-state index in [4.69, 9.17) is 18.9 Å². The highest BCUT2D eigenvalue weighted by molar-refractivity contribution is 5.95. The molecular weight excluding hydrogens is 296 g/mol. The Morgan fingerprint density at radius 3 is 2.09 bits per heavy atom. The average molecular weight is 316 g/mol. The number of hydrogen-bond acceptors (Lipinski definition) is 5. The third-order valence-electron chi connectivity index (χ3n) is 3.61. The summed E-state index contributed by atoms with van der Waals surface area (Å²) in [6, 6.07) is 8.71. The highest BCUT2D eigenvalue weighted by Gasteiger charge is 2.22. The fourth-order valence-corrected chi connectivity index (χ4v) is 2.20. The third-order valence-corrected chi connectivity index (χ3v) is 3.61. The summed E-state index contributed by atoms with van der Waals surface area (Å²) in [5.41, 5.74) is 2.45. The van der Waals surface area contributed by atoms with Gasteiger partial charge in [-0.1, -0.05) is 6.07 Å². The number of carbonyl (C=O) groups is 1. The van der Waals surface area contributed by atoms with E-state index in [1.807, 2.05) is 26.0 Å². The molecule has 2 aromatic rings. The third kappa shape index (κ3) is 3.39. The summed E-state index contributed by atoms with van der Waals surface area (Å²) < 4.78 is 21.2. The molecule has 0 aliphatic rings. The zero-order chi connectivity index (χ0) is 17.0. The Kier molecular flexibility index (Phi) is 5.11. The fourth-order valence-electron chi connectivity index (χ4n) is 2.20. The molecule has 2 aromatic carbocycles. The zero-order valence-electron chi connectivity index (χ0n) is 13.9. The van der Waals surface area contributed by atoms with Gasteiger partial charge in [-0.3, -0.25) is 0 Å². The second kappa shape index (κ2) is 7.05. The van der Waals surface area contributed by atoms with Gasteiger partial charge in [0.05, 0.1) is 21.3 Å². The van der Waals surface area contributed by atoms with Crippen LogP contribution in [-0.4, -0.2) is 27.3 Å². The molecule has 0 aliphatic carbocycles. The van der Waals surface area contributed by atoms with Gasteiger partial charge in [-0.25, -0.2) is 4.79 Å². The molecule has 0 atom stereocenters. The lowest BCUT2D eigenvalue weighted by Crippen LogP contribution is -2.11. The standard InChI is InChI=1S/C18H20O5/c1-11-6-7-13(10-12(11)2)23-18(19)14-8-9-15(20-3)17(22-5)16(14)21-4/h6-10H,1-5H3. The van der Waals surface area contributed by atoms with Crippen LogP contribution in [-0.2, 0) is 0 Å². The molecule has 0 amide bonds. The van der Waals surface area contributed by atoms with Crippen LogP contribution in [0, 0.1) is 13.8 Å². The van der Waals surface area contributed by atoms with Gasteiger partial charge in [-0.05, 0) is 49.2 Å². The number of esters is 1. The molecule has 0 spiro atoms. The quantitative estimate of drug-likeness (QED) is 0.624. The van der Waals surface area contributed by atoms with E-state index in [9.17, 15) is 4.79 Å². The maximum atomic E-state index is 12.5. The van der Waals surface area contributed by atoms with Gasteiger partial charge >= 0.3 is 5.97 Å². The monoisotopic (exact) mass is 316 g/mol. The Morgan fingerprint density at radius 1 is 0.826 bits per heavy atom. The molecule has 0 fully saturated rings. The van der Waals surface area contributed by atoms with Crippen molar-refractivity contribution in [3.8, 4) is 23.0 Å². The van der Waals surface area contributed by atoms with Gasteiger partial charge in [0, 0.05) is 0 Å². The van der Waals surface area contributed by atoms with Crippen LogP contribution in [0.5, 0.6) is 23.0 Å². The van der Waals surface area contributed by atoms with Crippen molar-refractivity contribution in [1.29, 1.82) is 0 Å². The molecule has 23 heavy (non-hydrogen) atoms. The summed E-state index contributed by atoms with van der Waals surface area (Å²) in [6.07, 6.45) is 0. The molecule has 0 bridgehead atoms. The van der Waals surface area contributed by atoms with Crippen molar-refractivity contribution in [2.24, 2.45) is 0 Å². The molecule has 0 saturated heterocycles. The number of aryl methyl sites for hydroxylation is 2. The Morgan fingerprint density at radius 2 is 1.52 bits per heavy atom. The smallest absolute Gasteiger partial charge is 0.347 e. The first-order chi connectivity index (χ1) is 11.0. The van der Waals surface area contributed by atoms with Crippen molar-refractivity contribution in [3.63, 3.8) is 0 Å². The molecule has 2 rings (SSSR count). The van der Waals surface area contributed by atoms with Gasteiger partial charge in [0.25, 0.3) is 0 Å². The first kappa shape index (κ1) is 16.7. The van der Waals surface area contributed by atoms with Crippen molar-refractivity contribution in [2.75, 3.05) is 21.3 Å². The van der Waals surface area contributed by atoms with Crippen LogP contribution < -0.4 is 18.9 Å². The van der Waals surface area contributed by atoms with Crippen molar-refractivity contribution in [3.05, 3.63) is 47.0 Å². The lowest BCUT2D eigenvalue weighted by atomic mass is 10.1. The summed E-state index contributed by atoms with van der Waals surface area (Å²) in [6.45, 7) is 3.96. The molecule has 0 aliphatic heterocycles. The average Bonchev–Trinajstić information content (AvgIpc) is 2.56. The maximum absolute atomic E-state index is 12.5. The molecule has 122 valence electrons. The lowest BCUT2D eigenvalue weighted by Gasteiger charge is -2.15. The van der Waals surface area contributed by atoms with Gasteiger partial charge in [0.2, 0.25) is 5.75 Å². The Balaban J connectivity index is 2.37. The van der Waals surface area contributed by atoms with Crippen LogP contribution in [0.3, 0.4) is 0 Å². The number of rotatable bonds is 5. The summed E-state index contributed by atoms with van der Waals surface area (Å²) in [5, 5.41) is 0. The number of carbonyl (C=O) groups excluding carboxylic acids is 1. The minimum absolute atomic E-state index is 0.267. The van der Waals surface area contributed by atoms with E-state index in [0.29, 0.717) is 17.2 Å². The topological polar surface area (TPSA) is 54.0 Å². The van der Waals surface area contributed by atoms with Gasteiger partial charge in [0.15, 0.2) is 11.5 Å². The van der Waals surface area contributed by atoms with Crippen LogP contribution in [0.4, 0.5) is 0 Å². The summed E-state index contributed by atoms with van der Waals surface area (Å²) in [5.74, 6) is 1.07. The molecule has 0 heterocycles. The van der Waals surface area contributed by atoms with Gasteiger partial charge < -0.3 is 18.9 Å². The van der Waals surface area contributed by atoms with E-state index >= 15 is 0 Å². The van der Waals surface area contributed by atoms with Crippen molar-refractivity contribution in [2.45, 2.75) is 13.8 Å². The normalized spacial score (nSPS) is 10.1. The molecule has 0 N–H and O–H groups in total. The predicted octanol–water partition coefficient (Wildman–Crippen LogP) is 3.55. The van der Waals surface area contributed by atoms with Gasteiger partial charge in [0.1, 0.15) is 11.3 Å². The van der Waals surface area contributed by atoms with Crippen molar-refractivity contribution < 1.29 is 23.7 Å². The molecule has 0 unspecified atom stereocenters. The van der Waals surface area contributed by atoms with E-state index in [-0.39, 0.29) is 11.3 Å². The minimum Gasteiger partial charge on any atom is -0.493 e. The van der Waals surface area contributed by atoms with E-state index in [0.717, 1.165) is 11.1 Å². The second-order valence-electron chi connectivity index (χ2n) is 5.02. The first-order valence-electron chi connectivity index (χ1n) is 7.10. The number of benzene rings is 2. The fraction of sp³-hybridized carbons (Fsp3) is 0.278. The Bertz CT molecular complexity index is 722. The number of ether oxygens (including phenoxy) is 4. The van der Waals surface area contributed by atoms with Crippen LogP contribution >= 0.6 is 0 Å². The molecule has 5 heteroatoms. The number of hydrogen-bond donors (Lipinski definition) is 0. The van der Waals surface area contributed by atoms with E-state index in [2.05, 4.69) is 0 Å². The molecule has 0 aromatic heterocycles. The van der Waals surface area contributed by atoms with Crippen LogP contribution in [0.2, 0.25) is 0 Å². The number of methoxy groups -OCH3 is 3. The van der Waals surface area contributed by atoms with E-state index < -0.39 is 5.97 Å². The molecule has 5 nitrogen and oxygen atoms in total. The Labute approximate surface area is 135 Å². The SMILES string of the molecule is COc1ccc(C(=O)Oc2ccc(C)c(C)c2)c(OC)c1OC. The van der Waals surface area contributed by atoms with Crippen molar-refractivity contribution >= 4 is 5.97 Å². The highest BCUT2D eigenvalue weighted by Crippen LogP contribution is 2.40. The zero-order valence-corrected chi connectivity index (χ0v) is 13.9. The van der Waals surface area contributed by atoms with Gasteiger partial charge in [-0.15, -0.1) is 0 Å². The highest BCUT2D eigenvalue weighted by atomic mass is 16.5. The largest absolute Gasteiger partial charge is 0.493 e.